The van der Waals surface area contributed by atoms with Crippen LogP contribution in [0.2, 0.25) is 0 Å². The molecule has 13 nitrogen and oxygen atoms in total. The van der Waals surface area contributed by atoms with E-state index in [1.807, 2.05) is 12.2 Å². The first-order valence-electron chi connectivity index (χ1n) is 14.8. The molecule has 1 saturated carbocycles. The first-order chi connectivity index (χ1) is 20.3. The van der Waals surface area contributed by atoms with Crippen LogP contribution < -0.4 is 20.1 Å². The number of hydrogen-bond acceptors (Lipinski definition) is 8. The van der Waals surface area contributed by atoms with Gasteiger partial charge in [-0.05, 0) is 71.4 Å². The van der Waals surface area contributed by atoms with Crippen molar-refractivity contribution in [1.29, 1.82) is 0 Å². The Labute approximate surface area is 252 Å². The molecule has 236 valence electrons. The molecule has 0 aromatic carbocycles. The summed E-state index contributed by atoms with van der Waals surface area (Å²) in [6, 6.07) is 3.33. The van der Waals surface area contributed by atoms with Crippen molar-refractivity contribution in [3.8, 4) is 0 Å². The Morgan fingerprint density at radius 3 is 2.65 bits per heavy atom. The van der Waals surface area contributed by atoms with E-state index >= 15 is 0 Å². The van der Waals surface area contributed by atoms with Gasteiger partial charge in [0.1, 0.15) is 23.2 Å². The minimum Gasteiger partial charge on any atom is -0.444 e. The summed E-state index contributed by atoms with van der Waals surface area (Å²) in [5.74, 6) is -2.18. The van der Waals surface area contributed by atoms with E-state index in [9.17, 15) is 27.6 Å². The maximum Gasteiger partial charge on any atom is 0.408 e. The van der Waals surface area contributed by atoms with Crippen LogP contribution in [-0.4, -0.2) is 71.9 Å². The van der Waals surface area contributed by atoms with Gasteiger partial charge in [-0.1, -0.05) is 31.1 Å². The lowest BCUT2D eigenvalue weighted by atomic mass is 10.0. The Morgan fingerprint density at radius 1 is 1.14 bits per heavy atom. The van der Waals surface area contributed by atoms with Gasteiger partial charge in [0.15, 0.2) is 0 Å². The number of aromatic nitrogens is 1. The lowest BCUT2D eigenvalue weighted by molar-refractivity contribution is -0.141. The van der Waals surface area contributed by atoms with E-state index in [0.29, 0.717) is 44.3 Å². The Kier molecular flexibility index (Phi) is 10.1. The fraction of sp³-hybridized carbons (Fsp3) is 0.621. The van der Waals surface area contributed by atoms with Gasteiger partial charge in [0.2, 0.25) is 11.8 Å². The number of ether oxygens (including phenoxy) is 1. The minimum atomic E-state index is -4.26. The number of rotatable bonds is 6. The van der Waals surface area contributed by atoms with Gasteiger partial charge in [0.25, 0.3) is 5.91 Å². The van der Waals surface area contributed by atoms with Crippen LogP contribution in [0.1, 0.15) is 77.8 Å². The van der Waals surface area contributed by atoms with Crippen LogP contribution in [0.15, 0.2) is 36.5 Å². The summed E-state index contributed by atoms with van der Waals surface area (Å²) in [5.41, 5.74) is -1.75. The summed E-state index contributed by atoms with van der Waals surface area (Å²) in [7, 11) is -4.26. The Bertz CT molecular complexity index is 1330. The van der Waals surface area contributed by atoms with Crippen molar-refractivity contribution in [2.45, 2.75) is 102 Å². The molecule has 43 heavy (non-hydrogen) atoms. The van der Waals surface area contributed by atoms with Crippen LogP contribution >= 0.6 is 0 Å². The second kappa shape index (κ2) is 13.4. The average molecular weight is 619 g/mol. The van der Waals surface area contributed by atoms with Crippen molar-refractivity contribution >= 4 is 34.0 Å². The largest absolute Gasteiger partial charge is 0.444 e. The number of alkyl carbamates (subject to hydrolysis) is 1. The Balaban J connectivity index is 1.50. The third kappa shape index (κ3) is 8.75. The highest BCUT2D eigenvalue weighted by Crippen LogP contribution is 2.45. The van der Waals surface area contributed by atoms with Crippen LogP contribution in [0.5, 0.6) is 0 Å². The number of carbonyl (C=O) groups excluding carboxylic acids is 4. The summed E-state index contributed by atoms with van der Waals surface area (Å²) >= 11 is 0. The van der Waals surface area contributed by atoms with Crippen LogP contribution in [0.4, 0.5) is 4.79 Å². The van der Waals surface area contributed by atoms with Gasteiger partial charge in [0, 0.05) is 18.7 Å². The molecular weight excluding hydrogens is 576 g/mol. The van der Waals surface area contributed by atoms with Gasteiger partial charge in [-0.25, -0.2) is 9.52 Å². The topological polar surface area (TPSA) is 176 Å². The third-order valence-electron chi connectivity index (χ3n) is 7.72. The lowest BCUT2D eigenvalue weighted by Gasteiger charge is -2.30. The van der Waals surface area contributed by atoms with Crippen molar-refractivity contribution in [3.05, 3.63) is 42.2 Å². The van der Waals surface area contributed by atoms with Gasteiger partial charge in [-0.3, -0.25) is 19.4 Å². The number of fused-ring (bicyclic) bond motifs is 2. The maximum absolute atomic E-state index is 13.7. The molecule has 4 rings (SSSR count). The molecule has 1 saturated heterocycles. The zero-order chi connectivity index (χ0) is 31.3. The van der Waals surface area contributed by atoms with Gasteiger partial charge < -0.3 is 20.3 Å². The molecule has 0 spiro atoms. The van der Waals surface area contributed by atoms with E-state index in [-0.39, 0.29) is 18.9 Å². The normalized spacial score (nSPS) is 27.4. The van der Waals surface area contributed by atoms with E-state index in [1.54, 1.807) is 39.0 Å². The predicted molar refractivity (Wildman–Crippen MR) is 157 cm³/mol. The zero-order valence-corrected chi connectivity index (χ0v) is 25.7. The standard InChI is InChI=1S/C29H42N6O7S/c1-28(2,3)42-27(39)32-22-14-8-6-4-5-7-12-20-18-29(20,33-24(36)23-15-11-17-35(23)25(22)37)26(38)34-43(40,41)31-19-21-13-9-10-16-30-21/h7,9-10,12-13,16,20,22-23,31H,4-6,8,11,14-15,17-19H2,1-3H3,(H,32,39)(H,33,36)(H,34,38)/b12-7-/t20-,22-,23-,29+/m0/s1. The van der Waals surface area contributed by atoms with Crippen molar-refractivity contribution in [2.24, 2.45) is 5.92 Å². The van der Waals surface area contributed by atoms with Gasteiger partial charge in [0.05, 0.1) is 12.2 Å². The number of nitrogens with one attached hydrogen (secondary N) is 4. The average Bonchev–Trinajstić information content (AvgIpc) is 3.39. The SMILES string of the molecule is CC(C)(C)OC(=O)N[C@H]1CCCCC/C=C\[C@H]2C[C@@]2(C(=O)NS(=O)(=O)NCc2ccccn2)NC(=O)[C@@H]2CCCN2C1=O. The highest BCUT2D eigenvalue weighted by molar-refractivity contribution is 7.88. The summed E-state index contributed by atoms with van der Waals surface area (Å²) < 4.78 is 35.2. The van der Waals surface area contributed by atoms with E-state index in [4.69, 9.17) is 4.74 Å². The summed E-state index contributed by atoms with van der Waals surface area (Å²) in [6.45, 7) is 5.40. The van der Waals surface area contributed by atoms with E-state index in [1.165, 1.54) is 11.1 Å². The molecule has 3 aliphatic rings. The van der Waals surface area contributed by atoms with Gasteiger partial charge in [-0.2, -0.15) is 13.1 Å². The number of hydrogen-bond donors (Lipinski definition) is 4. The zero-order valence-electron chi connectivity index (χ0n) is 24.9. The number of amides is 4. The van der Waals surface area contributed by atoms with Gasteiger partial charge in [-0.15, -0.1) is 0 Å². The Hall–Kier alpha value is -3.52. The number of pyridine rings is 1. The molecule has 3 heterocycles. The molecule has 0 bridgehead atoms. The lowest BCUT2D eigenvalue weighted by Crippen LogP contribution is -2.59. The molecule has 0 radical (unpaired) electrons. The maximum atomic E-state index is 13.7. The fourth-order valence-corrected chi connectivity index (χ4v) is 6.30. The summed E-state index contributed by atoms with van der Waals surface area (Å²) in [6.07, 6.45) is 9.18. The minimum absolute atomic E-state index is 0.121. The number of nitrogens with zero attached hydrogens (tertiary/aromatic N) is 2. The second-order valence-corrected chi connectivity index (χ2v) is 13.8. The highest BCUT2D eigenvalue weighted by atomic mass is 32.2. The van der Waals surface area contributed by atoms with Gasteiger partial charge >= 0.3 is 16.3 Å². The van der Waals surface area contributed by atoms with Crippen molar-refractivity contribution in [2.75, 3.05) is 6.54 Å². The van der Waals surface area contributed by atoms with E-state index in [2.05, 4.69) is 25.1 Å². The molecule has 4 amide bonds. The Morgan fingerprint density at radius 2 is 1.93 bits per heavy atom. The van der Waals surface area contributed by atoms with Crippen molar-refractivity contribution in [3.63, 3.8) is 0 Å². The highest BCUT2D eigenvalue weighted by Gasteiger charge is 2.61. The predicted octanol–water partition coefficient (Wildman–Crippen LogP) is 1.81. The van der Waals surface area contributed by atoms with E-state index < -0.39 is 57.3 Å². The first kappa shape index (κ1) is 32.4. The smallest absolute Gasteiger partial charge is 0.408 e. The summed E-state index contributed by atoms with van der Waals surface area (Å²) in [5, 5.41) is 5.50. The van der Waals surface area contributed by atoms with Crippen LogP contribution in [0.3, 0.4) is 0 Å². The fourth-order valence-electron chi connectivity index (χ4n) is 5.46. The quantitative estimate of drug-likeness (QED) is 0.349. The van der Waals surface area contributed by atoms with E-state index in [0.717, 1.165) is 12.8 Å². The number of carbonyl (C=O) groups is 4. The molecule has 4 N–H and O–H groups in total. The van der Waals surface area contributed by atoms with Crippen LogP contribution in [0.25, 0.3) is 0 Å². The molecule has 2 aliphatic heterocycles. The van der Waals surface area contributed by atoms with Crippen LogP contribution in [0, 0.1) is 5.92 Å². The molecule has 0 unspecified atom stereocenters. The molecule has 1 aromatic heterocycles. The van der Waals surface area contributed by atoms with Crippen molar-refractivity contribution < 1.29 is 32.3 Å². The second-order valence-electron chi connectivity index (χ2n) is 12.3. The monoisotopic (exact) mass is 618 g/mol. The first-order valence-corrected chi connectivity index (χ1v) is 16.3. The molecular formula is C29H42N6O7S. The molecule has 4 atom stereocenters. The molecule has 1 aromatic rings. The third-order valence-corrected chi connectivity index (χ3v) is 8.70. The number of allylic oxidation sites excluding steroid dienone is 1. The summed E-state index contributed by atoms with van der Waals surface area (Å²) in [4.78, 5) is 58.8. The molecule has 2 fully saturated rings. The van der Waals surface area contributed by atoms with Crippen molar-refractivity contribution in [1.82, 2.24) is 30.0 Å². The molecule has 14 heteroatoms. The van der Waals surface area contributed by atoms with Crippen LogP contribution in [-0.2, 0) is 35.9 Å². The molecule has 1 aliphatic carbocycles.